The molecule has 7 heteroatoms. The minimum absolute atomic E-state index is 0.148. The second-order valence-corrected chi connectivity index (χ2v) is 6.78. The summed E-state index contributed by atoms with van der Waals surface area (Å²) in [4.78, 5) is 26.3. The Bertz CT molecular complexity index is 800. The zero-order valence-electron chi connectivity index (χ0n) is 14.2. The second kappa shape index (κ2) is 7.57. The van der Waals surface area contributed by atoms with Crippen LogP contribution in [0.4, 0.5) is 0 Å². The van der Waals surface area contributed by atoms with Crippen molar-refractivity contribution in [1.29, 1.82) is 0 Å². The molecular weight excluding hydrogens is 340 g/mol. The van der Waals surface area contributed by atoms with Gasteiger partial charge in [0.15, 0.2) is 11.5 Å². The van der Waals surface area contributed by atoms with Crippen LogP contribution in [0.15, 0.2) is 24.3 Å². The summed E-state index contributed by atoms with van der Waals surface area (Å²) in [6.45, 7) is 4.34. The molecule has 0 bridgehead atoms. The third kappa shape index (κ3) is 3.76. The van der Waals surface area contributed by atoms with Crippen LogP contribution in [0.25, 0.3) is 0 Å². The molecule has 0 fully saturated rings. The molecule has 132 valence electrons. The number of aryl methyl sites for hydroxylation is 2. The summed E-state index contributed by atoms with van der Waals surface area (Å²) in [6, 6.07) is 6.78. The van der Waals surface area contributed by atoms with Crippen LogP contribution >= 0.6 is 11.3 Å². The molecule has 0 atom stereocenters. The number of ether oxygens (including phenoxy) is 2. The molecule has 1 aliphatic heterocycles. The van der Waals surface area contributed by atoms with Gasteiger partial charge in [0.25, 0.3) is 11.8 Å². The van der Waals surface area contributed by atoms with Crippen LogP contribution in [0.2, 0.25) is 0 Å². The van der Waals surface area contributed by atoms with Gasteiger partial charge in [-0.2, -0.15) is 0 Å². The van der Waals surface area contributed by atoms with Gasteiger partial charge in [0.2, 0.25) is 6.79 Å². The van der Waals surface area contributed by atoms with E-state index in [1.54, 1.807) is 18.2 Å². The number of benzene rings is 1. The second-order valence-electron chi connectivity index (χ2n) is 5.64. The van der Waals surface area contributed by atoms with Crippen LogP contribution in [-0.2, 0) is 12.8 Å². The Morgan fingerprint density at radius 3 is 2.60 bits per heavy atom. The normalized spacial score (nSPS) is 12.1. The fraction of sp³-hybridized carbons (Fsp3) is 0.333. The number of thiophene rings is 1. The van der Waals surface area contributed by atoms with Crippen LogP contribution in [-0.4, -0.2) is 18.6 Å². The van der Waals surface area contributed by atoms with Crippen LogP contribution in [0.5, 0.6) is 11.5 Å². The summed E-state index contributed by atoms with van der Waals surface area (Å²) in [5.41, 5.74) is 6.49. The Balaban J connectivity index is 1.63. The van der Waals surface area contributed by atoms with E-state index >= 15 is 0 Å². The van der Waals surface area contributed by atoms with E-state index in [1.165, 1.54) is 21.8 Å². The van der Waals surface area contributed by atoms with E-state index in [0.29, 0.717) is 21.9 Å². The molecule has 6 nitrogen and oxygen atoms in total. The van der Waals surface area contributed by atoms with E-state index < -0.39 is 5.91 Å². The molecule has 1 aromatic carbocycles. The van der Waals surface area contributed by atoms with Crippen LogP contribution in [0.1, 0.15) is 50.7 Å². The molecule has 0 radical (unpaired) electrons. The zero-order valence-corrected chi connectivity index (χ0v) is 15.0. The van der Waals surface area contributed by atoms with Gasteiger partial charge in [-0.3, -0.25) is 20.4 Å². The smallest absolute Gasteiger partial charge is 0.279 e. The van der Waals surface area contributed by atoms with E-state index in [0.717, 1.165) is 19.3 Å². The van der Waals surface area contributed by atoms with Gasteiger partial charge >= 0.3 is 0 Å². The lowest BCUT2D eigenvalue weighted by molar-refractivity contribution is 0.0848. The van der Waals surface area contributed by atoms with Crippen LogP contribution in [0, 0.1) is 0 Å². The number of hydrogen-bond donors (Lipinski definition) is 2. The van der Waals surface area contributed by atoms with Crippen molar-refractivity contribution in [3.8, 4) is 11.5 Å². The molecule has 2 aromatic rings. The SMILES string of the molecule is CCCc1sc(C(=O)NNC(=O)c2ccc3c(c2)OCO3)cc1CC. The third-order valence-electron chi connectivity index (χ3n) is 3.90. The molecule has 3 rings (SSSR count). The van der Waals surface area contributed by atoms with Crippen molar-refractivity contribution in [2.75, 3.05) is 6.79 Å². The highest BCUT2D eigenvalue weighted by molar-refractivity contribution is 7.14. The minimum atomic E-state index is -0.410. The summed E-state index contributed by atoms with van der Waals surface area (Å²) >= 11 is 1.48. The van der Waals surface area contributed by atoms with Gasteiger partial charge in [-0.15, -0.1) is 11.3 Å². The van der Waals surface area contributed by atoms with Gasteiger partial charge in [-0.25, -0.2) is 0 Å². The van der Waals surface area contributed by atoms with E-state index in [-0.39, 0.29) is 12.7 Å². The molecule has 2 N–H and O–H groups in total. The highest BCUT2D eigenvalue weighted by Gasteiger charge is 2.18. The van der Waals surface area contributed by atoms with Gasteiger partial charge in [0.05, 0.1) is 4.88 Å². The number of rotatable bonds is 5. The van der Waals surface area contributed by atoms with Crippen molar-refractivity contribution in [3.63, 3.8) is 0 Å². The number of hydrogen-bond acceptors (Lipinski definition) is 5. The van der Waals surface area contributed by atoms with Gasteiger partial charge in [0.1, 0.15) is 0 Å². The number of amides is 2. The fourth-order valence-electron chi connectivity index (χ4n) is 2.60. The highest BCUT2D eigenvalue weighted by Crippen LogP contribution is 2.32. The van der Waals surface area contributed by atoms with E-state index in [1.807, 2.05) is 6.07 Å². The summed E-state index contributed by atoms with van der Waals surface area (Å²) in [5.74, 6) is 0.410. The van der Waals surface area contributed by atoms with Crippen LogP contribution in [0.3, 0.4) is 0 Å². The molecule has 0 saturated heterocycles. The Hall–Kier alpha value is -2.54. The lowest BCUT2D eigenvalue weighted by atomic mass is 10.1. The summed E-state index contributed by atoms with van der Waals surface area (Å²) < 4.78 is 10.5. The molecule has 0 spiro atoms. The standard InChI is InChI=1S/C18H20N2O4S/c1-3-5-15-11(4-2)9-16(25-15)18(22)20-19-17(21)12-6-7-13-14(8-12)24-10-23-13/h6-9H,3-5,10H2,1-2H3,(H,19,21)(H,20,22). The lowest BCUT2D eigenvalue weighted by Gasteiger charge is -2.07. The maximum atomic E-state index is 12.3. The zero-order chi connectivity index (χ0) is 17.8. The first-order valence-corrected chi connectivity index (χ1v) is 9.06. The molecule has 2 heterocycles. The molecule has 0 unspecified atom stereocenters. The predicted molar refractivity (Wildman–Crippen MR) is 95.2 cm³/mol. The number of carbonyl (C=O) groups is 2. The summed E-state index contributed by atoms with van der Waals surface area (Å²) in [5, 5.41) is 0. The maximum absolute atomic E-state index is 12.3. The van der Waals surface area contributed by atoms with Crippen molar-refractivity contribution < 1.29 is 19.1 Å². The van der Waals surface area contributed by atoms with E-state index in [9.17, 15) is 9.59 Å². The third-order valence-corrected chi connectivity index (χ3v) is 5.14. The number of hydrazine groups is 1. The van der Waals surface area contributed by atoms with Crippen molar-refractivity contribution in [2.45, 2.75) is 33.1 Å². The molecule has 1 aromatic heterocycles. The number of carbonyl (C=O) groups excluding carboxylic acids is 2. The Morgan fingerprint density at radius 1 is 1.08 bits per heavy atom. The first-order valence-electron chi connectivity index (χ1n) is 8.24. The number of nitrogens with one attached hydrogen (secondary N) is 2. The molecular formula is C18H20N2O4S. The summed E-state index contributed by atoms with van der Waals surface area (Å²) in [6.07, 6.45) is 2.89. The maximum Gasteiger partial charge on any atom is 0.279 e. The predicted octanol–water partition coefficient (Wildman–Crippen LogP) is 3.07. The average Bonchev–Trinajstić information content (AvgIpc) is 3.25. The van der Waals surface area contributed by atoms with Crippen molar-refractivity contribution in [3.05, 3.63) is 45.1 Å². The highest BCUT2D eigenvalue weighted by atomic mass is 32.1. The largest absolute Gasteiger partial charge is 0.454 e. The molecule has 0 aliphatic carbocycles. The van der Waals surface area contributed by atoms with Crippen molar-refractivity contribution in [1.82, 2.24) is 10.9 Å². The molecule has 2 amide bonds. The fourth-order valence-corrected chi connectivity index (χ4v) is 3.85. The van der Waals surface area contributed by atoms with Crippen molar-refractivity contribution >= 4 is 23.2 Å². The monoisotopic (exact) mass is 360 g/mol. The van der Waals surface area contributed by atoms with E-state index in [2.05, 4.69) is 24.7 Å². The summed E-state index contributed by atoms with van der Waals surface area (Å²) in [7, 11) is 0. The first-order chi connectivity index (χ1) is 12.1. The van der Waals surface area contributed by atoms with Gasteiger partial charge < -0.3 is 9.47 Å². The van der Waals surface area contributed by atoms with Crippen LogP contribution < -0.4 is 20.3 Å². The minimum Gasteiger partial charge on any atom is -0.454 e. The van der Waals surface area contributed by atoms with Gasteiger partial charge in [-0.05, 0) is 42.7 Å². The average molecular weight is 360 g/mol. The quantitative estimate of drug-likeness (QED) is 0.804. The Kier molecular flexibility index (Phi) is 5.23. The lowest BCUT2D eigenvalue weighted by Crippen LogP contribution is -2.41. The molecule has 25 heavy (non-hydrogen) atoms. The Labute approximate surface area is 150 Å². The first kappa shape index (κ1) is 17.3. The van der Waals surface area contributed by atoms with E-state index in [4.69, 9.17) is 9.47 Å². The molecule has 1 aliphatic rings. The van der Waals surface area contributed by atoms with Gasteiger partial charge in [0, 0.05) is 10.4 Å². The number of fused-ring (bicyclic) bond motifs is 1. The topological polar surface area (TPSA) is 76.7 Å². The Morgan fingerprint density at radius 2 is 1.84 bits per heavy atom. The van der Waals surface area contributed by atoms with Crippen molar-refractivity contribution in [2.24, 2.45) is 0 Å². The molecule has 0 saturated carbocycles. The van der Waals surface area contributed by atoms with Gasteiger partial charge in [-0.1, -0.05) is 20.3 Å².